The number of hydrogen-bond acceptors (Lipinski definition) is 4. The van der Waals surface area contributed by atoms with Crippen molar-refractivity contribution < 1.29 is 14.7 Å². The van der Waals surface area contributed by atoms with Crippen molar-refractivity contribution in [3.63, 3.8) is 0 Å². The minimum absolute atomic E-state index is 0.245. The molecule has 26 heavy (non-hydrogen) atoms. The number of urea groups is 1. The number of nitrogens with zero attached hydrogens (tertiary/aromatic N) is 2. The number of rotatable bonds is 5. The Kier molecular flexibility index (Phi) is 6.12. The normalized spacial score (nSPS) is 16.9. The second-order valence-corrected chi connectivity index (χ2v) is 7.21. The van der Waals surface area contributed by atoms with Gasteiger partial charge in [0.05, 0.1) is 10.9 Å². The highest BCUT2D eigenvalue weighted by Crippen LogP contribution is 2.23. The summed E-state index contributed by atoms with van der Waals surface area (Å²) in [5.41, 5.74) is 1.80. The van der Waals surface area contributed by atoms with Gasteiger partial charge in [0.25, 0.3) is 0 Å². The first-order chi connectivity index (χ1) is 12.6. The number of thioether (sulfide) groups is 1. The highest BCUT2D eigenvalue weighted by molar-refractivity contribution is 7.98. The number of aliphatic carboxylic acids is 1. The molecule has 1 fully saturated rings. The number of piperidine rings is 1. The summed E-state index contributed by atoms with van der Waals surface area (Å²) in [4.78, 5) is 29.4. The number of hydrogen-bond donors (Lipinski definition) is 2. The van der Waals surface area contributed by atoms with E-state index in [0.717, 1.165) is 16.3 Å². The van der Waals surface area contributed by atoms with Gasteiger partial charge in [-0.05, 0) is 42.7 Å². The number of carbonyl (C=O) groups excluding carboxylic acids is 1. The summed E-state index contributed by atoms with van der Waals surface area (Å²) in [5.74, 6) is -0.558. The van der Waals surface area contributed by atoms with Crippen LogP contribution in [0.5, 0.6) is 0 Å². The maximum Gasteiger partial charge on any atom is 0.321 e. The van der Waals surface area contributed by atoms with Crippen LogP contribution < -0.4 is 5.32 Å². The van der Waals surface area contributed by atoms with E-state index in [2.05, 4.69) is 10.3 Å². The topological polar surface area (TPSA) is 82.5 Å². The first-order valence-corrected chi connectivity index (χ1v) is 9.52. The van der Waals surface area contributed by atoms with Crippen LogP contribution in [0.25, 0.3) is 0 Å². The molecule has 1 aliphatic heterocycles. The fourth-order valence-corrected chi connectivity index (χ4v) is 3.70. The lowest BCUT2D eigenvalue weighted by Crippen LogP contribution is -2.44. The van der Waals surface area contributed by atoms with Crippen LogP contribution in [-0.2, 0) is 10.5 Å². The molecule has 2 heterocycles. The highest BCUT2D eigenvalue weighted by Gasteiger charge is 2.28. The van der Waals surface area contributed by atoms with Crippen molar-refractivity contribution in [2.75, 3.05) is 18.4 Å². The molecule has 1 atom stereocenters. The Bertz CT molecular complexity index is 770. The first-order valence-electron chi connectivity index (χ1n) is 8.53. The SMILES string of the molecule is O=C(O)C1CCCN(C(=O)Nc2cccc(CSc3ccccn3)c2)C1. The molecule has 1 saturated heterocycles. The summed E-state index contributed by atoms with van der Waals surface area (Å²) in [7, 11) is 0. The summed E-state index contributed by atoms with van der Waals surface area (Å²) in [6.07, 6.45) is 3.10. The van der Waals surface area contributed by atoms with Gasteiger partial charge in [-0.15, -0.1) is 11.8 Å². The molecule has 0 radical (unpaired) electrons. The average molecular weight is 371 g/mol. The highest BCUT2D eigenvalue weighted by atomic mass is 32.2. The third kappa shape index (κ3) is 4.98. The van der Waals surface area contributed by atoms with Crippen LogP contribution in [0.3, 0.4) is 0 Å². The summed E-state index contributed by atoms with van der Waals surface area (Å²) < 4.78 is 0. The van der Waals surface area contributed by atoms with Gasteiger partial charge in [-0.2, -0.15) is 0 Å². The molecule has 0 aliphatic carbocycles. The van der Waals surface area contributed by atoms with E-state index in [1.54, 1.807) is 22.9 Å². The summed E-state index contributed by atoms with van der Waals surface area (Å²) >= 11 is 1.63. The van der Waals surface area contributed by atoms with Crippen LogP contribution in [-0.4, -0.2) is 40.1 Å². The van der Waals surface area contributed by atoms with E-state index < -0.39 is 11.9 Å². The number of aromatic nitrogens is 1. The standard InChI is InChI=1S/C19H21N3O3S/c23-18(24)15-6-4-10-22(12-15)19(25)21-16-7-3-5-14(11-16)13-26-17-8-1-2-9-20-17/h1-3,5,7-9,11,15H,4,6,10,12-13H2,(H,21,25)(H,23,24). The maximum atomic E-state index is 12.4. The van der Waals surface area contributed by atoms with Crippen LogP contribution in [0, 0.1) is 5.92 Å². The van der Waals surface area contributed by atoms with E-state index >= 15 is 0 Å². The predicted octanol–water partition coefficient (Wildman–Crippen LogP) is 3.70. The molecule has 3 rings (SSSR count). The van der Waals surface area contributed by atoms with Gasteiger partial charge in [-0.3, -0.25) is 4.79 Å². The second-order valence-electron chi connectivity index (χ2n) is 6.21. The Morgan fingerprint density at radius 1 is 1.27 bits per heavy atom. The van der Waals surface area contributed by atoms with E-state index in [9.17, 15) is 9.59 Å². The van der Waals surface area contributed by atoms with Crippen LogP contribution in [0.4, 0.5) is 10.5 Å². The van der Waals surface area contributed by atoms with Crippen LogP contribution >= 0.6 is 11.8 Å². The Morgan fingerprint density at radius 3 is 2.92 bits per heavy atom. The van der Waals surface area contributed by atoms with Gasteiger partial charge in [0, 0.05) is 30.7 Å². The molecular weight excluding hydrogens is 350 g/mol. The monoisotopic (exact) mass is 371 g/mol. The molecular formula is C19H21N3O3S. The Hall–Kier alpha value is -2.54. The van der Waals surface area contributed by atoms with E-state index in [0.29, 0.717) is 25.1 Å². The van der Waals surface area contributed by atoms with Crippen LogP contribution in [0.2, 0.25) is 0 Å². The number of nitrogens with one attached hydrogen (secondary N) is 1. The Balaban J connectivity index is 1.57. The van der Waals surface area contributed by atoms with Crippen molar-refractivity contribution in [3.8, 4) is 0 Å². The zero-order valence-corrected chi connectivity index (χ0v) is 15.1. The average Bonchev–Trinajstić information content (AvgIpc) is 2.67. The third-order valence-electron chi connectivity index (χ3n) is 4.26. The Labute approximate surface area is 156 Å². The molecule has 1 aromatic heterocycles. The van der Waals surface area contributed by atoms with Crippen molar-refractivity contribution in [1.82, 2.24) is 9.88 Å². The number of benzene rings is 1. The minimum atomic E-state index is -0.837. The number of carbonyl (C=O) groups is 2. The van der Waals surface area contributed by atoms with Crippen molar-refractivity contribution in [2.45, 2.75) is 23.6 Å². The number of carboxylic acid groups (broad SMARTS) is 1. The van der Waals surface area contributed by atoms with Gasteiger partial charge >= 0.3 is 12.0 Å². The molecule has 7 heteroatoms. The number of carboxylic acids is 1. The van der Waals surface area contributed by atoms with Crippen LogP contribution in [0.15, 0.2) is 53.7 Å². The molecule has 1 aromatic carbocycles. The third-order valence-corrected chi connectivity index (χ3v) is 5.28. The summed E-state index contributed by atoms with van der Waals surface area (Å²) in [5, 5.41) is 13.0. The fourth-order valence-electron chi connectivity index (χ4n) is 2.89. The van der Waals surface area contributed by atoms with Crippen molar-refractivity contribution >= 4 is 29.4 Å². The van der Waals surface area contributed by atoms with E-state index in [4.69, 9.17) is 5.11 Å². The molecule has 0 spiro atoms. The summed E-state index contributed by atoms with van der Waals surface area (Å²) in [6, 6.07) is 13.2. The molecule has 0 bridgehead atoms. The number of likely N-dealkylation sites (tertiary alicyclic amines) is 1. The largest absolute Gasteiger partial charge is 0.481 e. The van der Waals surface area contributed by atoms with Gasteiger partial charge in [-0.25, -0.2) is 9.78 Å². The zero-order chi connectivity index (χ0) is 18.4. The zero-order valence-electron chi connectivity index (χ0n) is 14.3. The van der Waals surface area contributed by atoms with Crippen LogP contribution in [0.1, 0.15) is 18.4 Å². The summed E-state index contributed by atoms with van der Waals surface area (Å²) in [6.45, 7) is 0.848. The molecule has 6 nitrogen and oxygen atoms in total. The molecule has 0 saturated carbocycles. The molecule has 2 N–H and O–H groups in total. The second kappa shape index (κ2) is 8.71. The maximum absolute atomic E-state index is 12.4. The number of anilines is 1. The Morgan fingerprint density at radius 2 is 2.15 bits per heavy atom. The molecule has 1 unspecified atom stereocenters. The lowest BCUT2D eigenvalue weighted by molar-refractivity contribution is -0.143. The van der Waals surface area contributed by atoms with Gasteiger partial charge in [0.1, 0.15) is 0 Å². The number of amides is 2. The van der Waals surface area contributed by atoms with Gasteiger partial charge in [0.15, 0.2) is 0 Å². The first kappa shape index (κ1) is 18.3. The van der Waals surface area contributed by atoms with Crippen molar-refractivity contribution in [3.05, 3.63) is 54.2 Å². The fraction of sp³-hybridized carbons (Fsp3) is 0.316. The minimum Gasteiger partial charge on any atom is -0.481 e. The smallest absolute Gasteiger partial charge is 0.321 e. The van der Waals surface area contributed by atoms with E-state index in [-0.39, 0.29) is 12.6 Å². The molecule has 136 valence electrons. The predicted molar refractivity (Wildman–Crippen MR) is 101 cm³/mol. The molecule has 1 aliphatic rings. The lowest BCUT2D eigenvalue weighted by Gasteiger charge is -2.30. The van der Waals surface area contributed by atoms with Gasteiger partial charge in [0.2, 0.25) is 0 Å². The number of pyridine rings is 1. The van der Waals surface area contributed by atoms with E-state index in [1.165, 1.54) is 0 Å². The molecule has 2 aromatic rings. The molecule has 2 amide bonds. The van der Waals surface area contributed by atoms with Crippen molar-refractivity contribution in [1.29, 1.82) is 0 Å². The van der Waals surface area contributed by atoms with Gasteiger partial charge < -0.3 is 15.3 Å². The van der Waals surface area contributed by atoms with Crippen molar-refractivity contribution in [2.24, 2.45) is 5.92 Å². The van der Waals surface area contributed by atoms with E-state index in [1.807, 2.05) is 42.5 Å². The lowest BCUT2D eigenvalue weighted by atomic mass is 9.99. The quantitative estimate of drug-likeness (QED) is 0.783. The van der Waals surface area contributed by atoms with Gasteiger partial charge in [-0.1, -0.05) is 18.2 Å².